The molecule has 7 nitrogen and oxygen atoms in total. The number of hydrogen-bond donors (Lipinski definition) is 2. The summed E-state index contributed by atoms with van der Waals surface area (Å²) in [6.45, 7) is 1.80. The van der Waals surface area contributed by atoms with E-state index < -0.39 is 18.4 Å². The largest absolute Gasteiger partial charge is 0.477 e. The second kappa shape index (κ2) is 14.6. The van der Waals surface area contributed by atoms with Crippen LogP contribution in [0.4, 0.5) is 34.6 Å². The van der Waals surface area contributed by atoms with Gasteiger partial charge in [0.2, 0.25) is 0 Å². The minimum Gasteiger partial charge on any atom is -0.477 e. The predicted octanol–water partition coefficient (Wildman–Crippen LogP) is 6.63. The Balaban J connectivity index is 1.37. The molecule has 1 saturated heterocycles. The molecule has 2 fully saturated rings. The Kier molecular flexibility index (Phi) is 10.6. The molecular formula is C33H37F4N5O2S. The van der Waals surface area contributed by atoms with Crippen molar-refractivity contribution in [3.8, 4) is 23.7 Å². The quantitative estimate of drug-likeness (QED) is 0.200. The first-order chi connectivity index (χ1) is 21.6. The summed E-state index contributed by atoms with van der Waals surface area (Å²) in [6, 6.07) is 11.0. The number of anilines is 3. The first-order valence-corrected chi connectivity index (χ1v) is 15.9. The Morgan fingerprint density at radius 2 is 1.87 bits per heavy atom. The van der Waals surface area contributed by atoms with Crippen molar-refractivity contribution < 1.29 is 27.0 Å². The number of ether oxygens (including phenoxy) is 2. The van der Waals surface area contributed by atoms with Crippen LogP contribution in [0.5, 0.6) is 5.75 Å². The summed E-state index contributed by atoms with van der Waals surface area (Å²) in [4.78, 5) is 4.45. The van der Waals surface area contributed by atoms with Crippen molar-refractivity contribution >= 4 is 38.5 Å². The number of thiophene rings is 1. The minimum absolute atomic E-state index is 0.0270. The molecular weight excluding hydrogens is 606 g/mol. The van der Waals surface area contributed by atoms with E-state index in [4.69, 9.17) is 14.7 Å². The highest BCUT2D eigenvalue weighted by Crippen LogP contribution is 2.40. The number of fused-ring (bicyclic) bond motifs is 1. The van der Waals surface area contributed by atoms with Crippen LogP contribution in [0.3, 0.4) is 0 Å². The zero-order valence-corrected chi connectivity index (χ0v) is 26.2. The number of nitrogens with zero attached hydrogens (tertiary/aromatic N) is 3. The van der Waals surface area contributed by atoms with Gasteiger partial charge in [0, 0.05) is 37.3 Å². The van der Waals surface area contributed by atoms with Gasteiger partial charge in [0.05, 0.1) is 52.8 Å². The van der Waals surface area contributed by atoms with E-state index in [1.165, 1.54) is 17.4 Å². The second-order valence-electron chi connectivity index (χ2n) is 11.5. The highest BCUT2D eigenvalue weighted by atomic mass is 32.1. The van der Waals surface area contributed by atoms with Crippen molar-refractivity contribution in [2.24, 2.45) is 0 Å². The van der Waals surface area contributed by atoms with Gasteiger partial charge in [0.15, 0.2) is 6.61 Å². The second-order valence-corrected chi connectivity index (χ2v) is 12.5. The van der Waals surface area contributed by atoms with Crippen molar-refractivity contribution in [2.75, 3.05) is 69.1 Å². The summed E-state index contributed by atoms with van der Waals surface area (Å²) >= 11 is 1.26. The van der Waals surface area contributed by atoms with E-state index in [0.717, 1.165) is 36.1 Å². The van der Waals surface area contributed by atoms with Gasteiger partial charge in [-0.15, -0.1) is 11.3 Å². The Hall–Kier alpha value is -3.71. The van der Waals surface area contributed by atoms with Gasteiger partial charge in [0.25, 0.3) is 0 Å². The third-order valence-electron chi connectivity index (χ3n) is 8.24. The lowest BCUT2D eigenvalue weighted by atomic mass is 9.90. The van der Waals surface area contributed by atoms with Crippen molar-refractivity contribution in [1.82, 2.24) is 4.90 Å². The van der Waals surface area contributed by atoms with E-state index in [9.17, 15) is 13.2 Å². The molecule has 0 bridgehead atoms. The first-order valence-electron chi connectivity index (χ1n) is 15.1. The fourth-order valence-corrected chi connectivity index (χ4v) is 7.11. The molecule has 2 aliphatic rings. The Morgan fingerprint density at radius 3 is 2.56 bits per heavy atom. The van der Waals surface area contributed by atoms with Crippen LogP contribution in [0.2, 0.25) is 0 Å². The van der Waals surface area contributed by atoms with Crippen LogP contribution in [0.1, 0.15) is 36.1 Å². The van der Waals surface area contributed by atoms with Crippen LogP contribution < -0.4 is 20.3 Å². The van der Waals surface area contributed by atoms with Crippen LogP contribution in [0, 0.1) is 29.0 Å². The molecule has 1 aliphatic carbocycles. The fraction of sp³-hybridized carbons (Fsp3) is 0.485. The van der Waals surface area contributed by atoms with Crippen molar-refractivity contribution in [1.29, 1.82) is 5.26 Å². The molecule has 12 heteroatoms. The topological polar surface area (TPSA) is 72.8 Å². The number of hydrogen-bond acceptors (Lipinski definition) is 8. The number of halogens is 4. The zero-order valence-electron chi connectivity index (χ0n) is 25.4. The molecule has 2 N–H and O–H groups in total. The molecule has 0 amide bonds. The molecule has 1 aliphatic heterocycles. The van der Waals surface area contributed by atoms with Crippen LogP contribution in [-0.4, -0.2) is 76.7 Å². The normalized spacial score (nSPS) is 18.8. The van der Waals surface area contributed by atoms with E-state index in [2.05, 4.69) is 41.5 Å². The number of nitriles is 1. The summed E-state index contributed by atoms with van der Waals surface area (Å²) in [7, 11) is 4.18. The number of morpholine rings is 1. The Bertz CT molecular complexity index is 1580. The highest BCUT2D eigenvalue weighted by molar-refractivity contribution is 7.20. The molecule has 1 aromatic heterocycles. The predicted molar refractivity (Wildman–Crippen MR) is 171 cm³/mol. The fourth-order valence-electron chi connectivity index (χ4n) is 5.94. The van der Waals surface area contributed by atoms with Gasteiger partial charge < -0.3 is 29.9 Å². The van der Waals surface area contributed by atoms with E-state index in [1.807, 2.05) is 17.0 Å². The van der Waals surface area contributed by atoms with Gasteiger partial charge in [-0.3, -0.25) is 0 Å². The lowest BCUT2D eigenvalue weighted by Gasteiger charge is -2.33. The maximum Gasteiger partial charge on any atom is 0.393 e. The smallest absolute Gasteiger partial charge is 0.393 e. The zero-order chi connectivity index (χ0) is 32.0. The van der Waals surface area contributed by atoms with Gasteiger partial charge in [-0.2, -0.15) is 18.4 Å². The Labute approximate surface area is 265 Å². The van der Waals surface area contributed by atoms with Crippen molar-refractivity contribution in [2.45, 2.75) is 50.4 Å². The highest BCUT2D eigenvalue weighted by Gasteiger charge is 2.31. The molecule has 45 heavy (non-hydrogen) atoms. The van der Waals surface area contributed by atoms with Crippen LogP contribution in [0.25, 0.3) is 10.1 Å². The molecule has 3 aromatic rings. The summed E-state index contributed by atoms with van der Waals surface area (Å²) in [5.41, 5.74) is 1.64. The van der Waals surface area contributed by atoms with E-state index >= 15 is 4.39 Å². The van der Waals surface area contributed by atoms with Crippen LogP contribution in [-0.2, 0) is 11.2 Å². The summed E-state index contributed by atoms with van der Waals surface area (Å²) in [6.07, 6.45) is -1.36. The van der Waals surface area contributed by atoms with E-state index in [0.29, 0.717) is 54.0 Å². The number of benzene rings is 2. The SMILES string of the molecule is CN(C)C1CCC(Nc2cccc3c(CC(F)(F)F)c(C#CCNc4cc(F)c(N5CCOCC5)cc4OCC#N)sc23)CC1. The molecule has 2 aromatic carbocycles. The standard InChI is InChI=1S/C33H37F4N5O2S/c1-41(2)23-10-8-22(9-11-23)40-27-6-3-5-24-25(21-33(35,36)37)31(45-32(24)27)7-4-13-39-28-19-26(34)29(20-30(28)44-16-12-38)42-14-17-43-18-15-42/h3,5-6,19-20,22-23,39-40H,8-11,13-18,21H2,1-2H3. The third-order valence-corrected chi connectivity index (χ3v) is 9.44. The average Bonchev–Trinajstić information content (AvgIpc) is 3.36. The lowest BCUT2D eigenvalue weighted by Crippen LogP contribution is -2.36. The van der Waals surface area contributed by atoms with Gasteiger partial charge >= 0.3 is 6.18 Å². The summed E-state index contributed by atoms with van der Waals surface area (Å²) in [5, 5.41) is 16.2. The van der Waals surface area contributed by atoms with Crippen molar-refractivity contribution in [3.05, 3.63) is 46.6 Å². The Morgan fingerprint density at radius 1 is 1.11 bits per heavy atom. The maximum atomic E-state index is 15.1. The van der Waals surface area contributed by atoms with Gasteiger partial charge in [0.1, 0.15) is 17.6 Å². The molecule has 240 valence electrons. The van der Waals surface area contributed by atoms with Crippen LogP contribution >= 0.6 is 11.3 Å². The molecule has 0 spiro atoms. The average molecular weight is 644 g/mol. The number of nitrogens with one attached hydrogen (secondary N) is 2. The molecule has 5 rings (SSSR count). The van der Waals surface area contributed by atoms with Crippen LogP contribution in [0.15, 0.2) is 30.3 Å². The van der Waals surface area contributed by atoms with Gasteiger partial charge in [-0.05, 0) is 56.8 Å². The maximum absolute atomic E-state index is 15.1. The van der Waals surface area contributed by atoms with E-state index in [1.54, 1.807) is 18.2 Å². The van der Waals surface area contributed by atoms with Gasteiger partial charge in [-0.25, -0.2) is 4.39 Å². The first kappa shape index (κ1) is 32.7. The number of alkyl halides is 3. The lowest BCUT2D eigenvalue weighted by molar-refractivity contribution is -0.126. The van der Waals surface area contributed by atoms with Gasteiger partial charge in [-0.1, -0.05) is 24.0 Å². The number of rotatable bonds is 9. The minimum atomic E-state index is -4.40. The summed E-state index contributed by atoms with van der Waals surface area (Å²) < 4.78 is 67.9. The molecule has 1 saturated carbocycles. The third kappa shape index (κ3) is 8.31. The monoisotopic (exact) mass is 643 g/mol. The molecule has 0 radical (unpaired) electrons. The molecule has 0 atom stereocenters. The summed E-state index contributed by atoms with van der Waals surface area (Å²) in [5.74, 6) is 5.69. The van der Waals surface area contributed by atoms with E-state index in [-0.39, 0.29) is 30.5 Å². The molecule has 2 heterocycles. The molecule has 0 unspecified atom stereocenters. The van der Waals surface area contributed by atoms with Crippen molar-refractivity contribution in [3.63, 3.8) is 0 Å².